The Hall–Kier alpha value is -1.32. The van der Waals surface area contributed by atoms with Crippen molar-refractivity contribution in [3.05, 3.63) is 12.2 Å². The summed E-state index contributed by atoms with van der Waals surface area (Å²) >= 11 is 0. The second-order valence-electron chi connectivity index (χ2n) is 5.89. The standard InChI is InChI=1S/C18H32O4/c19-17(20)15-13-11-9-7-5-3-1-2-4-6-8-10-12-14-16-18(21)22/h11,13H,1-10,12,14-16H2,(H,19,20)(H,21,22)/b13-11+. The van der Waals surface area contributed by atoms with E-state index in [1.165, 1.54) is 44.9 Å². The Morgan fingerprint density at radius 2 is 1.05 bits per heavy atom. The largest absolute Gasteiger partial charge is 0.481 e. The zero-order valence-corrected chi connectivity index (χ0v) is 13.8. The highest BCUT2D eigenvalue weighted by atomic mass is 16.4. The Bertz CT molecular complexity index is 310. The van der Waals surface area contributed by atoms with E-state index in [1.807, 2.05) is 6.08 Å². The molecule has 0 heterocycles. The molecule has 128 valence electrons. The Morgan fingerprint density at radius 3 is 1.50 bits per heavy atom. The Kier molecular flexibility index (Phi) is 15.1. The molecule has 0 bridgehead atoms. The van der Waals surface area contributed by atoms with E-state index in [2.05, 4.69) is 0 Å². The number of hydrogen-bond donors (Lipinski definition) is 2. The first kappa shape index (κ1) is 20.7. The predicted molar refractivity (Wildman–Crippen MR) is 89.0 cm³/mol. The van der Waals surface area contributed by atoms with E-state index in [4.69, 9.17) is 10.2 Å². The minimum atomic E-state index is -0.766. The summed E-state index contributed by atoms with van der Waals surface area (Å²) in [5.74, 6) is -1.45. The molecule has 0 unspecified atom stereocenters. The van der Waals surface area contributed by atoms with Crippen LogP contribution in [0.3, 0.4) is 0 Å². The topological polar surface area (TPSA) is 74.6 Å². The van der Waals surface area contributed by atoms with Crippen molar-refractivity contribution in [2.75, 3.05) is 0 Å². The van der Waals surface area contributed by atoms with Gasteiger partial charge in [0.25, 0.3) is 0 Å². The summed E-state index contributed by atoms with van der Waals surface area (Å²) in [6.07, 6.45) is 18.2. The van der Waals surface area contributed by atoms with Gasteiger partial charge in [0, 0.05) is 6.42 Å². The number of allylic oxidation sites excluding steroid dienone is 1. The van der Waals surface area contributed by atoms with Gasteiger partial charge in [-0.05, 0) is 19.3 Å². The molecule has 2 N–H and O–H groups in total. The maximum atomic E-state index is 10.3. The van der Waals surface area contributed by atoms with Crippen molar-refractivity contribution < 1.29 is 19.8 Å². The van der Waals surface area contributed by atoms with E-state index in [0.717, 1.165) is 32.1 Å². The lowest BCUT2D eigenvalue weighted by Gasteiger charge is -2.02. The van der Waals surface area contributed by atoms with Gasteiger partial charge in [0.1, 0.15) is 0 Å². The Labute approximate surface area is 134 Å². The maximum Gasteiger partial charge on any atom is 0.307 e. The summed E-state index contributed by atoms with van der Waals surface area (Å²) in [6.45, 7) is 0. The molecule has 0 saturated carbocycles. The maximum absolute atomic E-state index is 10.3. The van der Waals surface area contributed by atoms with E-state index < -0.39 is 11.9 Å². The molecule has 4 heteroatoms. The number of unbranched alkanes of at least 4 members (excludes halogenated alkanes) is 11. The van der Waals surface area contributed by atoms with Crippen molar-refractivity contribution in [3.63, 3.8) is 0 Å². The van der Waals surface area contributed by atoms with Gasteiger partial charge in [-0.15, -0.1) is 0 Å². The zero-order chi connectivity index (χ0) is 16.5. The van der Waals surface area contributed by atoms with Gasteiger partial charge in [-0.3, -0.25) is 9.59 Å². The number of aliphatic carboxylic acids is 2. The minimum absolute atomic E-state index is 0.135. The van der Waals surface area contributed by atoms with Crippen LogP contribution in [-0.4, -0.2) is 22.2 Å². The third-order valence-electron chi connectivity index (χ3n) is 3.72. The van der Waals surface area contributed by atoms with Gasteiger partial charge >= 0.3 is 11.9 Å². The van der Waals surface area contributed by atoms with E-state index in [1.54, 1.807) is 6.08 Å². The number of rotatable bonds is 16. The fourth-order valence-electron chi connectivity index (χ4n) is 2.43. The summed E-state index contributed by atoms with van der Waals surface area (Å²) in [7, 11) is 0. The van der Waals surface area contributed by atoms with E-state index >= 15 is 0 Å². The molecule has 0 rings (SSSR count). The lowest BCUT2D eigenvalue weighted by atomic mass is 10.0. The van der Waals surface area contributed by atoms with Crippen LogP contribution in [0, 0.1) is 0 Å². The van der Waals surface area contributed by atoms with Crippen LogP contribution >= 0.6 is 0 Å². The summed E-state index contributed by atoms with van der Waals surface area (Å²) < 4.78 is 0. The average Bonchev–Trinajstić information content (AvgIpc) is 2.46. The van der Waals surface area contributed by atoms with Gasteiger partial charge in [0.2, 0.25) is 0 Å². The first-order valence-corrected chi connectivity index (χ1v) is 8.71. The van der Waals surface area contributed by atoms with Crippen LogP contribution < -0.4 is 0 Å². The lowest BCUT2D eigenvalue weighted by molar-refractivity contribution is -0.137. The van der Waals surface area contributed by atoms with Gasteiger partial charge < -0.3 is 10.2 Å². The molecule has 22 heavy (non-hydrogen) atoms. The molecule has 0 amide bonds. The van der Waals surface area contributed by atoms with Gasteiger partial charge in [-0.25, -0.2) is 0 Å². The van der Waals surface area contributed by atoms with E-state index in [9.17, 15) is 9.59 Å². The molecule has 0 aromatic carbocycles. The van der Waals surface area contributed by atoms with E-state index in [0.29, 0.717) is 6.42 Å². The molecule has 0 aliphatic rings. The molecule has 0 atom stereocenters. The molecule has 0 aliphatic heterocycles. The minimum Gasteiger partial charge on any atom is -0.481 e. The molecule has 0 aromatic rings. The molecule has 4 nitrogen and oxygen atoms in total. The third kappa shape index (κ3) is 18.7. The van der Waals surface area contributed by atoms with Crippen molar-refractivity contribution in [1.82, 2.24) is 0 Å². The van der Waals surface area contributed by atoms with Crippen LogP contribution in [0.15, 0.2) is 12.2 Å². The molecule has 0 spiro atoms. The monoisotopic (exact) mass is 312 g/mol. The average molecular weight is 312 g/mol. The van der Waals surface area contributed by atoms with Gasteiger partial charge in [-0.2, -0.15) is 0 Å². The SMILES string of the molecule is O=C(O)C/C=C/CCCCCCCCCCCCCC(=O)O. The van der Waals surface area contributed by atoms with Crippen LogP contribution in [-0.2, 0) is 9.59 Å². The van der Waals surface area contributed by atoms with Crippen LogP contribution in [0.25, 0.3) is 0 Å². The normalized spacial score (nSPS) is 11.1. The van der Waals surface area contributed by atoms with Crippen molar-refractivity contribution in [2.45, 2.75) is 89.9 Å². The highest BCUT2D eigenvalue weighted by Gasteiger charge is 1.97. The highest BCUT2D eigenvalue weighted by molar-refractivity contribution is 5.68. The molecule has 0 fully saturated rings. The molecular formula is C18H32O4. The summed E-state index contributed by atoms with van der Waals surface area (Å²) in [6, 6.07) is 0. The zero-order valence-electron chi connectivity index (χ0n) is 13.8. The number of carboxylic acids is 2. The molecule has 0 aliphatic carbocycles. The number of hydrogen-bond acceptors (Lipinski definition) is 2. The van der Waals surface area contributed by atoms with Crippen molar-refractivity contribution >= 4 is 11.9 Å². The van der Waals surface area contributed by atoms with Gasteiger partial charge in [0.05, 0.1) is 6.42 Å². The molecular weight excluding hydrogens is 280 g/mol. The number of carbonyl (C=O) groups is 2. The smallest absolute Gasteiger partial charge is 0.307 e. The van der Waals surface area contributed by atoms with Crippen LogP contribution in [0.1, 0.15) is 89.9 Å². The van der Waals surface area contributed by atoms with Crippen molar-refractivity contribution in [1.29, 1.82) is 0 Å². The van der Waals surface area contributed by atoms with Crippen LogP contribution in [0.2, 0.25) is 0 Å². The van der Waals surface area contributed by atoms with Crippen LogP contribution in [0.4, 0.5) is 0 Å². The Morgan fingerprint density at radius 1 is 0.591 bits per heavy atom. The summed E-state index contributed by atoms with van der Waals surface area (Å²) in [5.41, 5.74) is 0. The van der Waals surface area contributed by atoms with Crippen molar-refractivity contribution in [2.24, 2.45) is 0 Å². The third-order valence-corrected chi connectivity index (χ3v) is 3.72. The lowest BCUT2D eigenvalue weighted by Crippen LogP contribution is -1.93. The first-order valence-electron chi connectivity index (χ1n) is 8.71. The predicted octanol–water partition coefficient (Wildman–Crippen LogP) is 5.17. The van der Waals surface area contributed by atoms with Gasteiger partial charge in [0.15, 0.2) is 0 Å². The Balaban J connectivity index is 3.07. The quantitative estimate of drug-likeness (QED) is 0.304. The highest BCUT2D eigenvalue weighted by Crippen LogP contribution is 2.12. The first-order chi connectivity index (χ1) is 10.6. The fourth-order valence-corrected chi connectivity index (χ4v) is 2.43. The van der Waals surface area contributed by atoms with Crippen molar-refractivity contribution in [3.8, 4) is 0 Å². The molecule has 0 aromatic heterocycles. The second-order valence-corrected chi connectivity index (χ2v) is 5.89. The van der Waals surface area contributed by atoms with E-state index in [-0.39, 0.29) is 6.42 Å². The second kappa shape index (κ2) is 16.1. The summed E-state index contributed by atoms with van der Waals surface area (Å²) in [4.78, 5) is 20.6. The summed E-state index contributed by atoms with van der Waals surface area (Å²) in [5, 5.41) is 17.0. The van der Waals surface area contributed by atoms with Crippen LogP contribution in [0.5, 0.6) is 0 Å². The fraction of sp³-hybridized carbons (Fsp3) is 0.778. The molecule has 0 radical (unpaired) electrons. The van der Waals surface area contributed by atoms with Gasteiger partial charge in [-0.1, -0.05) is 69.9 Å². The molecule has 0 saturated heterocycles. The number of carboxylic acid groups (broad SMARTS) is 2.